The number of carbonyl (C=O) groups is 1. The van der Waals surface area contributed by atoms with Crippen molar-refractivity contribution < 1.29 is 9.21 Å². The SMILES string of the molecule is O=C(CCc1cc2cccc(Cl)c2o1)C1CC1. The van der Waals surface area contributed by atoms with Crippen molar-refractivity contribution in [1.82, 2.24) is 0 Å². The molecule has 0 amide bonds. The van der Waals surface area contributed by atoms with E-state index in [0.29, 0.717) is 29.6 Å². The number of halogens is 1. The summed E-state index contributed by atoms with van der Waals surface area (Å²) >= 11 is 6.03. The summed E-state index contributed by atoms with van der Waals surface area (Å²) in [5.41, 5.74) is 0.725. The highest BCUT2D eigenvalue weighted by Gasteiger charge is 2.28. The number of hydrogen-bond donors (Lipinski definition) is 0. The third-order valence-electron chi connectivity index (χ3n) is 3.20. The maximum absolute atomic E-state index is 11.6. The molecule has 0 spiro atoms. The van der Waals surface area contributed by atoms with E-state index in [-0.39, 0.29) is 0 Å². The van der Waals surface area contributed by atoms with E-state index in [1.165, 1.54) is 0 Å². The predicted molar refractivity (Wildman–Crippen MR) is 67.3 cm³/mol. The molecule has 1 heterocycles. The second-order valence-electron chi connectivity index (χ2n) is 4.61. The zero-order valence-electron chi connectivity index (χ0n) is 9.41. The van der Waals surface area contributed by atoms with E-state index in [1.807, 2.05) is 24.3 Å². The summed E-state index contributed by atoms with van der Waals surface area (Å²) in [6, 6.07) is 7.66. The number of ketones is 1. The van der Waals surface area contributed by atoms with Gasteiger partial charge >= 0.3 is 0 Å². The van der Waals surface area contributed by atoms with Gasteiger partial charge in [-0.15, -0.1) is 0 Å². The number of aryl methyl sites for hydroxylation is 1. The molecule has 0 saturated heterocycles. The van der Waals surface area contributed by atoms with Crippen molar-refractivity contribution in [1.29, 1.82) is 0 Å². The monoisotopic (exact) mass is 248 g/mol. The molecule has 1 aromatic heterocycles. The van der Waals surface area contributed by atoms with Gasteiger partial charge in [0, 0.05) is 24.1 Å². The highest BCUT2D eigenvalue weighted by atomic mass is 35.5. The van der Waals surface area contributed by atoms with Gasteiger partial charge in [-0.05, 0) is 25.0 Å². The Morgan fingerprint density at radius 3 is 2.94 bits per heavy atom. The molecule has 1 fully saturated rings. The molecule has 17 heavy (non-hydrogen) atoms. The van der Waals surface area contributed by atoms with E-state index >= 15 is 0 Å². The Morgan fingerprint density at radius 2 is 2.24 bits per heavy atom. The van der Waals surface area contributed by atoms with Crippen LogP contribution in [-0.2, 0) is 11.2 Å². The lowest BCUT2D eigenvalue weighted by molar-refractivity contribution is -0.120. The minimum Gasteiger partial charge on any atom is -0.459 e. The lowest BCUT2D eigenvalue weighted by Gasteiger charge is -1.95. The number of furan rings is 1. The average molecular weight is 249 g/mol. The molecule has 0 aliphatic heterocycles. The Bertz CT molecular complexity index is 567. The molecule has 0 radical (unpaired) electrons. The fourth-order valence-corrected chi connectivity index (χ4v) is 2.28. The second-order valence-corrected chi connectivity index (χ2v) is 5.02. The third-order valence-corrected chi connectivity index (χ3v) is 3.50. The van der Waals surface area contributed by atoms with Crippen LogP contribution >= 0.6 is 11.6 Å². The van der Waals surface area contributed by atoms with Gasteiger partial charge < -0.3 is 4.42 Å². The van der Waals surface area contributed by atoms with Crippen LogP contribution in [-0.4, -0.2) is 5.78 Å². The van der Waals surface area contributed by atoms with Gasteiger partial charge in [-0.2, -0.15) is 0 Å². The topological polar surface area (TPSA) is 30.2 Å². The van der Waals surface area contributed by atoms with Crippen molar-refractivity contribution in [2.45, 2.75) is 25.7 Å². The van der Waals surface area contributed by atoms with Crippen LogP contribution in [0.25, 0.3) is 11.0 Å². The molecular weight excluding hydrogens is 236 g/mol. The van der Waals surface area contributed by atoms with Crippen LogP contribution < -0.4 is 0 Å². The Balaban J connectivity index is 1.76. The van der Waals surface area contributed by atoms with Crippen LogP contribution in [0.5, 0.6) is 0 Å². The van der Waals surface area contributed by atoms with Crippen molar-refractivity contribution in [2.75, 3.05) is 0 Å². The number of fused-ring (bicyclic) bond motifs is 1. The second kappa shape index (κ2) is 4.19. The van der Waals surface area contributed by atoms with Gasteiger partial charge in [0.25, 0.3) is 0 Å². The van der Waals surface area contributed by atoms with Gasteiger partial charge in [-0.3, -0.25) is 4.79 Å². The van der Waals surface area contributed by atoms with E-state index in [0.717, 1.165) is 29.6 Å². The Morgan fingerprint density at radius 1 is 1.41 bits per heavy atom. The summed E-state index contributed by atoms with van der Waals surface area (Å²) in [6.45, 7) is 0. The van der Waals surface area contributed by atoms with Crippen LogP contribution in [0.2, 0.25) is 5.02 Å². The Labute approximate surface area is 105 Å². The smallest absolute Gasteiger partial charge is 0.152 e. The minimum absolute atomic E-state index is 0.336. The molecule has 1 saturated carbocycles. The third kappa shape index (κ3) is 2.22. The van der Waals surface area contributed by atoms with E-state index < -0.39 is 0 Å². The quantitative estimate of drug-likeness (QED) is 0.819. The number of carbonyl (C=O) groups excluding carboxylic acids is 1. The van der Waals surface area contributed by atoms with Crippen LogP contribution in [0.1, 0.15) is 25.0 Å². The van der Waals surface area contributed by atoms with E-state index in [1.54, 1.807) is 0 Å². The van der Waals surface area contributed by atoms with Gasteiger partial charge in [0.05, 0.1) is 5.02 Å². The molecule has 1 aliphatic rings. The molecule has 88 valence electrons. The van der Waals surface area contributed by atoms with Crippen molar-refractivity contribution in [3.05, 3.63) is 35.0 Å². The maximum atomic E-state index is 11.6. The van der Waals surface area contributed by atoms with Crippen LogP contribution in [0.3, 0.4) is 0 Å². The van der Waals surface area contributed by atoms with Gasteiger partial charge in [-0.1, -0.05) is 23.7 Å². The minimum atomic E-state index is 0.336. The molecule has 1 aliphatic carbocycles. The van der Waals surface area contributed by atoms with Gasteiger partial charge in [0.1, 0.15) is 11.5 Å². The molecular formula is C14H13ClO2. The standard InChI is InChI=1S/C14H13ClO2/c15-12-3-1-2-10-8-11(17-14(10)12)6-7-13(16)9-4-5-9/h1-3,8-9H,4-7H2. The summed E-state index contributed by atoms with van der Waals surface area (Å²) in [5.74, 6) is 1.56. The summed E-state index contributed by atoms with van der Waals surface area (Å²) in [4.78, 5) is 11.6. The summed E-state index contributed by atoms with van der Waals surface area (Å²) < 4.78 is 5.67. The largest absolute Gasteiger partial charge is 0.459 e. The van der Waals surface area contributed by atoms with Crippen molar-refractivity contribution in [3.63, 3.8) is 0 Å². The highest BCUT2D eigenvalue weighted by molar-refractivity contribution is 6.34. The number of rotatable bonds is 4. The summed E-state index contributed by atoms with van der Waals surface area (Å²) in [6.07, 6.45) is 3.41. The van der Waals surface area contributed by atoms with E-state index in [4.69, 9.17) is 16.0 Å². The zero-order chi connectivity index (χ0) is 11.8. The molecule has 0 N–H and O–H groups in total. The summed E-state index contributed by atoms with van der Waals surface area (Å²) in [5, 5.41) is 1.63. The molecule has 2 nitrogen and oxygen atoms in total. The van der Waals surface area contributed by atoms with E-state index in [9.17, 15) is 4.79 Å². The van der Waals surface area contributed by atoms with Crippen LogP contribution in [0.4, 0.5) is 0 Å². The maximum Gasteiger partial charge on any atom is 0.152 e. The van der Waals surface area contributed by atoms with E-state index in [2.05, 4.69) is 0 Å². The lowest BCUT2D eigenvalue weighted by atomic mass is 10.1. The van der Waals surface area contributed by atoms with Crippen molar-refractivity contribution in [3.8, 4) is 0 Å². The summed E-state index contributed by atoms with van der Waals surface area (Å²) in [7, 11) is 0. The normalized spacial score (nSPS) is 15.4. The highest BCUT2D eigenvalue weighted by Crippen LogP contribution is 2.32. The van der Waals surface area contributed by atoms with Crippen molar-refractivity contribution in [2.24, 2.45) is 5.92 Å². The van der Waals surface area contributed by atoms with Crippen molar-refractivity contribution >= 4 is 28.4 Å². The van der Waals surface area contributed by atoms with Crippen LogP contribution in [0.15, 0.2) is 28.7 Å². The molecule has 0 unspecified atom stereocenters. The Kier molecular flexibility index (Phi) is 2.67. The Hall–Kier alpha value is -1.28. The first-order chi connectivity index (χ1) is 8.24. The molecule has 2 aromatic rings. The number of hydrogen-bond acceptors (Lipinski definition) is 2. The first kappa shape index (κ1) is 10.8. The predicted octanol–water partition coefficient (Wildman–Crippen LogP) is 4.00. The number of benzene rings is 1. The average Bonchev–Trinajstić information content (AvgIpc) is 3.07. The molecule has 3 rings (SSSR count). The zero-order valence-corrected chi connectivity index (χ0v) is 10.2. The molecule has 3 heteroatoms. The first-order valence-electron chi connectivity index (χ1n) is 5.94. The molecule has 0 bridgehead atoms. The van der Waals surface area contributed by atoms with Crippen LogP contribution in [0, 0.1) is 5.92 Å². The number of para-hydroxylation sites is 1. The van der Waals surface area contributed by atoms with Gasteiger partial charge in [-0.25, -0.2) is 0 Å². The van der Waals surface area contributed by atoms with Gasteiger partial charge in [0.15, 0.2) is 5.58 Å². The number of Topliss-reactive ketones (excluding diaryl/α,β-unsaturated/α-hetero) is 1. The van der Waals surface area contributed by atoms with Gasteiger partial charge in [0.2, 0.25) is 0 Å². The first-order valence-corrected chi connectivity index (χ1v) is 6.31. The fraction of sp³-hybridized carbons (Fsp3) is 0.357. The lowest BCUT2D eigenvalue weighted by Crippen LogP contribution is -2.01. The molecule has 0 atom stereocenters. The molecule has 1 aromatic carbocycles. The fourth-order valence-electron chi connectivity index (χ4n) is 2.06.